The highest BCUT2D eigenvalue weighted by Crippen LogP contribution is 2.10. The molecule has 19 heavy (non-hydrogen) atoms. The molecule has 0 aliphatic carbocycles. The van der Waals surface area contributed by atoms with E-state index in [4.69, 9.17) is 15.6 Å². The third-order valence-electron chi connectivity index (χ3n) is 2.26. The Morgan fingerprint density at radius 1 is 1.42 bits per heavy atom. The van der Waals surface area contributed by atoms with Crippen molar-refractivity contribution in [2.75, 3.05) is 12.0 Å². The molecule has 0 aromatic carbocycles. The van der Waals surface area contributed by atoms with Crippen LogP contribution < -0.4 is 11.1 Å². The van der Waals surface area contributed by atoms with Gasteiger partial charge < -0.3 is 20.9 Å². The van der Waals surface area contributed by atoms with Gasteiger partial charge in [-0.05, 0) is 39.2 Å². The first-order valence-electron chi connectivity index (χ1n) is 6.11. The molecule has 0 bridgehead atoms. The van der Waals surface area contributed by atoms with E-state index in [-0.39, 0.29) is 6.42 Å². The van der Waals surface area contributed by atoms with Crippen molar-refractivity contribution in [3.05, 3.63) is 0 Å². The van der Waals surface area contributed by atoms with Crippen LogP contribution >= 0.6 is 11.8 Å². The topological polar surface area (TPSA) is 102 Å². The summed E-state index contributed by atoms with van der Waals surface area (Å²) in [6.45, 7) is 5.29. The summed E-state index contributed by atoms with van der Waals surface area (Å²) in [4.78, 5) is 22.4. The molecule has 112 valence electrons. The van der Waals surface area contributed by atoms with Gasteiger partial charge in [-0.2, -0.15) is 11.8 Å². The van der Waals surface area contributed by atoms with E-state index >= 15 is 0 Å². The Hall–Kier alpha value is -0.950. The van der Waals surface area contributed by atoms with Crippen LogP contribution in [0.5, 0.6) is 0 Å². The molecule has 0 aromatic rings. The predicted octanol–water partition coefficient (Wildman–Crippen LogP) is 1.43. The van der Waals surface area contributed by atoms with Crippen LogP contribution in [0.1, 0.15) is 33.6 Å². The van der Waals surface area contributed by atoms with Gasteiger partial charge in [-0.1, -0.05) is 0 Å². The molecule has 0 aromatic heterocycles. The maximum atomic E-state index is 11.7. The van der Waals surface area contributed by atoms with Crippen molar-refractivity contribution in [2.45, 2.75) is 51.3 Å². The van der Waals surface area contributed by atoms with E-state index in [1.807, 2.05) is 6.26 Å². The molecule has 0 radical (unpaired) electrons. The monoisotopic (exact) mass is 292 g/mol. The summed E-state index contributed by atoms with van der Waals surface area (Å²) in [7, 11) is 0. The highest BCUT2D eigenvalue weighted by molar-refractivity contribution is 7.98. The number of carboxylic acids is 1. The number of carbonyl (C=O) groups excluding carboxylic acids is 1. The number of carboxylic acid groups (broad SMARTS) is 1. The number of hydrogen-bond acceptors (Lipinski definition) is 5. The Kier molecular flexibility index (Phi) is 7.85. The van der Waals surface area contributed by atoms with Gasteiger partial charge in [-0.25, -0.2) is 4.79 Å². The molecule has 1 amide bonds. The van der Waals surface area contributed by atoms with Crippen molar-refractivity contribution < 1.29 is 19.4 Å². The van der Waals surface area contributed by atoms with Crippen LogP contribution in [-0.4, -0.2) is 46.9 Å². The summed E-state index contributed by atoms with van der Waals surface area (Å²) in [5.74, 6) is -0.194. The van der Waals surface area contributed by atoms with Crippen molar-refractivity contribution in [3.63, 3.8) is 0 Å². The third kappa shape index (κ3) is 9.61. The van der Waals surface area contributed by atoms with Crippen molar-refractivity contribution in [1.29, 1.82) is 0 Å². The van der Waals surface area contributed by atoms with Crippen LogP contribution in [0.25, 0.3) is 0 Å². The number of nitrogens with one attached hydrogen (secondary N) is 1. The molecule has 0 unspecified atom stereocenters. The van der Waals surface area contributed by atoms with Crippen molar-refractivity contribution in [2.24, 2.45) is 5.73 Å². The van der Waals surface area contributed by atoms with Crippen LogP contribution in [0.15, 0.2) is 0 Å². The number of nitrogens with two attached hydrogens (primary N) is 1. The minimum Gasteiger partial charge on any atom is -0.481 e. The fourth-order valence-corrected chi connectivity index (χ4v) is 1.93. The van der Waals surface area contributed by atoms with Gasteiger partial charge in [0.05, 0.1) is 6.42 Å². The molecule has 0 saturated heterocycles. The van der Waals surface area contributed by atoms with Gasteiger partial charge in [-0.3, -0.25) is 4.79 Å². The molecule has 7 heteroatoms. The highest BCUT2D eigenvalue weighted by atomic mass is 32.2. The zero-order chi connectivity index (χ0) is 15.1. The summed E-state index contributed by atoms with van der Waals surface area (Å²) >= 11 is 1.61. The molecule has 0 heterocycles. The number of ether oxygens (including phenoxy) is 1. The summed E-state index contributed by atoms with van der Waals surface area (Å²) in [6.07, 6.45) is 1.79. The normalized spacial score (nSPS) is 14.6. The van der Waals surface area contributed by atoms with E-state index in [0.717, 1.165) is 5.75 Å². The Balaban J connectivity index is 4.49. The van der Waals surface area contributed by atoms with Gasteiger partial charge in [0.1, 0.15) is 5.60 Å². The zero-order valence-corrected chi connectivity index (χ0v) is 12.8. The fraction of sp³-hybridized carbons (Fsp3) is 0.833. The molecule has 6 nitrogen and oxygen atoms in total. The molecule has 0 rings (SSSR count). The second-order valence-corrected chi connectivity index (χ2v) is 6.28. The Morgan fingerprint density at radius 3 is 2.42 bits per heavy atom. The lowest BCUT2D eigenvalue weighted by Gasteiger charge is -2.26. The smallest absolute Gasteiger partial charge is 0.407 e. The lowest BCUT2D eigenvalue weighted by molar-refractivity contribution is -0.137. The largest absolute Gasteiger partial charge is 0.481 e. The number of rotatable bonds is 7. The number of aliphatic carboxylic acids is 1. The third-order valence-corrected chi connectivity index (χ3v) is 2.91. The zero-order valence-electron chi connectivity index (χ0n) is 11.9. The molecule has 0 aliphatic rings. The van der Waals surface area contributed by atoms with Gasteiger partial charge in [0, 0.05) is 12.1 Å². The van der Waals surface area contributed by atoms with Crippen molar-refractivity contribution >= 4 is 23.8 Å². The van der Waals surface area contributed by atoms with Crippen LogP contribution in [0.4, 0.5) is 4.79 Å². The van der Waals surface area contributed by atoms with E-state index in [1.54, 1.807) is 32.5 Å². The molecule has 0 spiro atoms. The summed E-state index contributed by atoms with van der Waals surface area (Å²) in [5, 5.41) is 11.4. The second kappa shape index (κ2) is 8.27. The van der Waals surface area contributed by atoms with Crippen LogP contribution in [-0.2, 0) is 9.53 Å². The van der Waals surface area contributed by atoms with Crippen LogP contribution in [0.3, 0.4) is 0 Å². The molecule has 0 saturated carbocycles. The molecular formula is C12H24N2O4S. The molecule has 4 N–H and O–H groups in total. The molecule has 0 fully saturated rings. The molecule has 0 aliphatic heterocycles. The number of hydrogen-bond donors (Lipinski definition) is 3. The standard InChI is InChI=1S/C12H24N2O4S/c1-12(2,3)18-11(17)14-9(5-6-19-4)8(13)7-10(15)16/h8-9H,5-7,13H2,1-4H3,(H,14,17)(H,15,16)/t8-,9-/m0/s1. The number of carbonyl (C=O) groups is 2. The van der Waals surface area contributed by atoms with Gasteiger partial charge in [-0.15, -0.1) is 0 Å². The quantitative estimate of drug-likeness (QED) is 0.656. The minimum atomic E-state index is -0.979. The average Bonchev–Trinajstić information content (AvgIpc) is 2.20. The van der Waals surface area contributed by atoms with Gasteiger partial charge >= 0.3 is 12.1 Å². The van der Waals surface area contributed by atoms with Gasteiger partial charge in [0.15, 0.2) is 0 Å². The van der Waals surface area contributed by atoms with E-state index < -0.39 is 29.7 Å². The summed E-state index contributed by atoms with van der Waals surface area (Å²) in [5.41, 5.74) is 5.22. The van der Waals surface area contributed by atoms with Gasteiger partial charge in [0.25, 0.3) is 0 Å². The number of thioether (sulfide) groups is 1. The predicted molar refractivity (Wildman–Crippen MR) is 76.4 cm³/mol. The Bertz CT molecular complexity index is 305. The van der Waals surface area contributed by atoms with Crippen LogP contribution in [0.2, 0.25) is 0 Å². The SMILES string of the molecule is CSCC[C@H](NC(=O)OC(C)(C)C)[C@@H](N)CC(=O)O. The second-order valence-electron chi connectivity index (χ2n) is 5.30. The van der Waals surface area contributed by atoms with Gasteiger partial charge in [0.2, 0.25) is 0 Å². The number of amides is 1. The summed E-state index contributed by atoms with van der Waals surface area (Å²) in [6, 6.07) is -1.03. The highest BCUT2D eigenvalue weighted by Gasteiger charge is 2.24. The van der Waals surface area contributed by atoms with Crippen molar-refractivity contribution in [1.82, 2.24) is 5.32 Å². The van der Waals surface area contributed by atoms with E-state index in [2.05, 4.69) is 5.32 Å². The lowest BCUT2D eigenvalue weighted by atomic mass is 10.0. The van der Waals surface area contributed by atoms with Crippen molar-refractivity contribution in [3.8, 4) is 0 Å². The maximum Gasteiger partial charge on any atom is 0.407 e. The first kappa shape index (κ1) is 18.0. The average molecular weight is 292 g/mol. The fourth-order valence-electron chi connectivity index (χ4n) is 1.44. The lowest BCUT2D eigenvalue weighted by Crippen LogP contribution is -2.50. The summed E-state index contributed by atoms with van der Waals surface area (Å²) < 4.78 is 5.14. The molecular weight excluding hydrogens is 268 g/mol. The molecule has 2 atom stereocenters. The van der Waals surface area contributed by atoms with Crippen LogP contribution in [0, 0.1) is 0 Å². The Morgan fingerprint density at radius 2 is 2.00 bits per heavy atom. The first-order chi connectivity index (χ1) is 8.65. The minimum absolute atomic E-state index is 0.186. The van der Waals surface area contributed by atoms with E-state index in [1.165, 1.54) is 0 Å². The number of alkyl carbamates (subject to hydrolysis) is 1. The maximum absolute atomic E-state index is 11.7. The Labute approximate surface area is 118 Å². The van der Waals surface area contributed by atoms with E-state index in [9.17, 15) is 9.59 Å². The first-order valence-corrected chi connectivity index (χ1v) is 7.51. The van der Waals surface area contributed by atoms with E-state index in [0.29, 0.717) is 6.42 Å².